The molecule has 1 saturated carbocycles. The Kier molecular flexibility index (Phi) is 5.33. The zero-order valence-electron chi connectivity index (χ0n) is 20.1. The maximum absolute atomic E-state index is 6.50. The van der Waals surface area contributed by atoms with E-state index in [1.54, 1.807) is 11.3 Å². The average molecular weight is 468 g/mol. The fourth-order valence-electron chi connectivity index (χ4n) is 6.51. The molecule has 1 saturated heterocycles. The summed E-state index contributed by atoms with van der Waals surface area (Å²) in [5.41, 5.74) is 4.63. The first kappa shape index (κ1) is 22.2. The van der Waals surface area contributed by atoms with Gasteiger partial charge in [-0.25, -0.2) is 4.98 Å². The van der Waals surface area contributed by atoms with Gasteiger partial charge in [0.1, 0.15) is 10.6 Å². The first-order valence-electron chi connectivity index (χ1n) is 11.9. The van der Waals surface area contributed by atoms with Gasteiger partial charge in [0.2, 0.25) is 5.28 Å². The second kappa shape index (κ2) is 7.70. The Morgan fingerprint density at radius 1 is 1.12 bits per heavy atom. The van der Waals surface area contributed by atoms with Crippen molar-refractivity contribution in [3.63, 3.8) is 0 Å². The predicted molar refractivity (Wildman–Crippen MR) is 138 cm³/mol. The third-order valence-corrected chi connectivity index (χ3v) is 8.85. The highest BCUT2D eigenvalue weighted by Crippen LogP contribution is 2.55. The third kappa shape index (κ3) is 3.74. The molecular weight excluding hydrogens is 434 g/mol. The Balaban J connectivity index is 1.70. The number of aromatic nitrogens is 2. The molecule has 1 aliphatic carbocycles. The van der Waals surface area contributed by atoms with E-state index in [4.69, 9.17) is 16.6 Å². The van der Waals surface area contributed by atoms with Crippen molar-refractivity contribution in [2.75, 3.05) is 11.4 Å². The summed E-state index contributed by atoms with van der Waals surface area (Å²) in [4.78, 5) is 14.5. The Morgan fingerprint density at radius 2 is 1.84 bits per heavy atom. The molecule has 0 spiro atoms. The average Bonchev–Trinajstić information content (AvgIpc) is 3.20. The number of anilines is 1. The summed E-state index contributed by atoms with van der Waals surface area (Å²) in [5.74, 6) is 1.57. The number of hydrogen-bond donors (Lipinski definition) is 0. The largest absolute Gasteiger partial charge is 0.352 e. The van der Waals surface area contributed by atoms with E-state index in [1.807, 2.05) is 0 Å². The Morgan fingerprint density at radius 3 is 2.50 bits per heavy atom. The molecule has 5 rings (SSSR count). The van der Waals surface area contributed by atoms with Crippen LogP contribution in [-0.4, -0.2) is 22.6 Å². The second-order valence-electron chi connectivity index (χ2n) is 11.4. The molecule has 2 aromatic heterocycles. The van der Waals surface area contributed by atoms with Crippen LogP contribution in [0.25, 0.3) is 21.3 Å². The summed E-state index contributed by atoms with van der Waals surface area (Å²) in [6, 6.07) is 9.61. The minimum atomic E-state index is 0.332. The van der Waals surface area contributed by atoms with E-state index < -0.39 is 0 Å². The number of aryl methyl sites for hydroxylation is 1. The van der Waals surface area contributed by atoms with E-state index in [9.17, 15) is 0 Å². The van der Waals surface area contributed by atoms with Gasteiger partial charge in [-0.05, 0) is 65.2 Å². The van der Waals surface area contributed by atoms with Gasteiger partial charge in [0.05, 0.1) is 5.39 Å². The van der Waals surface area contributed by atoms with E-state index in [2.05, 4.69) is 75.7 Å². The van der Waals surface area contributed by atoms with Crippen LogP contribution >= 0.6 is 22.9 Å². The van der Waals surface area contributed by atoms with Crippen molar-refractivity contribution in [3.8, 4) is 11.1 Å². The molecule has 3 nitrogen and oxygen atoms in total. The van der Waals surface area contributed by atoms with E-state index in [0.717, 1.165) is 23.6 Å². The van der Waals surface area contributed by atoms with E-state index in [1.165, 1.54) is 46.2 Å². The van der Waals surface area contributed by atoms with Gasteiger partial charge in [0.15, 0.2) is 0 Å². The lowest BCUT2D eigenvalue weighted by molar-refractivity contribution is 0.136. The Labute approximate surface area is 201 Å². The van der Waals surface area contributed by atoms with E-state index >= 15 is 0 Å². The van der Waals surface area contributed by atoms with Crippen molar-refractivity contribution in [2.45, 2.75) is 79.2 Å². The van der Waals surface area contributed by atoms with Crippen molar-refractivity contribution in [1.82, 2.24) is 9.97 Å². The lowest BCUT2D eigenvalue weighted by atomic mass is 9.65. The van der Waals surface area contributed by atoms with Crippen molar-refractivity contribution in [2.24, 2.45) is 10.8 Å². The van der Waals surface area contributed by atoms with E-state index in [-0.39, 0.29) is 0 Å². The molecule has 2 bridgehead atoms. The zero-order valence-corrected chi connectivity index (χ0v) is 21.7. The van der Waals surface area contributed by atoms with Crippen LogP contribution in [0.1, 0.15) is 77.2 Å². The molecule has 1 aromatic carbocycles. The van der Waals surface area contributed by atoms with Crippen molar-refractivity contribution in [1.29, 1.82) is 0 Å². The maximum Gasteiger partial charge on any atom is 0.225 e. The van der Waals surface area contributed by atoms with Crippen LogP contribution in [0.15, 0.2) is 24.3 Å². The molecule has 2 aliphatic rings. The second-order valence-corrected chi connectivity index (χ2v) is 12.8. The fourth-order valence-corrected chi connectivity index (χ4v) is 7.85. The number of hydrogen-bond acceptors (Lipinski definition) is 4. The van der Waals surface area contributed by atoms with Crippen molar-refractivity contribution >= 4 is 39.0 Å². The van der Waals surface area contributed by atoms with Gasteiger partial charge in [-0.15, -0.1) is 11.3 Å². The molecule has 3 aromatic rings. The number of fused-ring (bicyclic) bond motifs is 3. The molecule has 2 atom stereocenters. The summed E-state index contributed by atoms with van der Waals surface area (Å²) >= 11 is 8.28. The third-order valence-electron chi connectivity index (χ3n) is 7.45. The number of thiophene rings is 1. The van der Waals surface area contributed by atoms with Crippen molar-refractivity contribution in [3.05, 3.63) is 40.0 Å². The topological polar surface area (TPSA) is 29.0 Å². The molecule has 0 amide bonds. The minimum Gasteiger partial charge on any atom is -0.352 e. The van der Waals surface area contributed by atoms with Gasteiger partial charge in [-0.1, -0.05) is 65.8 Å². The molecule has 2 fully saturated rings. The summed E-state index contributed by atoms with van der Waals surface area (Å²) in [7, 11) is 0. The van der Waals surface area contributed by atoms with Gasteiger partial charge in [-0.2, -0.15) is 4.98 Å². The minimum absolute atomic E-state index is 0.332. The SMILES string of the molecule is CCc1sc2nc(Cl)nc(N3CC4(C)CC3CC(C)(C)C4)c2c1-c1ccc(C(C)C)cc1. The van der Waals surface area contributed by atoms with Gasteiger partial charge < -0.3 is 4.90 Å². The fraction of sp³-hybridized carbons (Fsp3) is 0.556. The zero-order chi connectivity index (χ0) is 22.8. The maximum atomic E-state index is 6.50. The summed E-state index contributed by atoms with van der Waals surface area (Å²) in [6.07, 6.45) is 4.69. The molecule has 32 heavy (non-hydrogen) atoms. The lowest BCUT2D eigenvalue weighted by Crippen LogP contribution is -2.35. The van der Waals surface area contributed by atoms with Gasteiger partial charge in [0.25, 0.3) is 0 Å². The smallest absolute Gasteiger partial charge is 0.225 e. The van der Waals surface area contributed by atoms with Gasteiger partial charge >= 0.3 is 0 Å². The summed E-state index contributed by atoms with van der Waals surface area (Å²) < 4.78 is 0. The Hall–Kier alpha value is -1.65. The summed E-state index contributed by atoms with van der Waals surface area (Å²) in [5, 5.41) is 1.56. The van der Waals surface area contributed by atoms with Crippen LogP contribution in [0.2, 0.25) is 5.28 Å². The normalized spacial score (nSPS) is 24.6. The molecule has 0 N–H and O–H groups in total. The molecule has 5 heteroatoms. The monoisotopic (exact) mass is 467 g/mol. The van der Waals surface area contributed by atoms with Crippen LogP contribution in [0.4, 0.5) is 5.82 Å². The molecule has 170 valence electrons. The number of halogens is 1. The summed E-state index contributed by atoms with van der Waals surface area (Å²) in [6.45, 7) is 15.1. The van der Waals surface area contributed by atoms with Crippen LogP contribution in [0.3, 0.4) is 0 Å². The molecule has 2 unspecified atom stereocenters. The quantitative estimate of drug-likeness (QED) is 0.363. The predicted octanol–water partition coefficient (Wildman–Crippen LogP) is 8.10. The van der Waals surface area contributed by atoms with Crippen LogP contribution in [0.5, 0.6) is 0 Å². The highest BCUT2D eigenvalue weighted by molar-refractivity contribution is 7.19. The highest BCUT2D eigenvalue weighted by Gasteiger charge is 2.50. The van der Waals surface area contributed by atoms with Crippen LogP contribution in [-0.2, 0) is 6.42 Å². The Bertz CT molecular complexity index is 1160. The van der Waals surface area contributed by atoms with E-state index in [0.29, 0.717) is 28.1 Å². The number of nitrogens with zero attached hydrogens (tertiary/aromatic N) is 3. The lowest BCUT2D eigenvalue weighted by Gasteiger charge is -2.39. The number of benzene rings is 1. The molecule has 3 heterocycles. The van der Waals surface area contributed by atoms with Crippen LogP contribution in [0, 0.1) is 10.8 Å². The number of rotatable bonds is 4. The van der Waals surface area contributed by atoms with Gasteiger partial charge in [0, 0.05) is 23.0 Å². The first-order valence-corrected chi connectivity index (χ1v) is 13.1. The van der Waals surface area contributed by atoms with Crippen molar-refractivity contribution < 1.29 is 0 Å². The molecule has 1 aliphatic heterocycles. The highest BCUT2D eigenvalue weighted by atomic mass is 35.5. The van der Waals surface area contributed by atoms with Gasteiger partial charge in [-0.3, -0.25) is 0 Å². The van der Waals surface area contributed by atoms with Crippen LogP contribution < -0.4 is 4.90 Å². The molecule has 0 radical (unpaired) electrons. The first-order chi connectivity index (χ1) is 15.1. The molecular formula is C27H34ClN3S. The standard InChI is InChI=1S/C27H34ClN3S/c1-7-20-21(18-10-8-17(9-11-18)16(2)3)22-23(29-25(28)30-24(22)32-20)31-15-27(6)13-19(31)12-26(4,5)14-27/h8-11,16,19H,7,12-15H2,1-6H3.